The number of amides is 1. The largest absolute Gasteiger partial charge is 0.369 e. The Morgan fingerprint density at radius 3 is 2.65 bits per heavy atom. The van der Waals surface area contributed by atoms with Gasteiger partial charge >= 0.3 is 5.69 Å². The van der Waals surface area contributed by atoms with Crippen LogP contribution in [0.15, 0.2) is 53.3 Å². The van der Waals surface area contributed by atoms with Crippen molar-refractivity contribution in [1.29, 1.82) is 0 Å². The van der Waals surface area contributed by atoms with E-state index in [1.54, 1.807) is 18.4 Å². The Morgan fingerprint density at radius 2 is 1.91 bits per heavy atom. The monoisotopic (exact) mass is 309 g/mol. The topological polar surface area (TPSA) is 80.9 Å². The number of primary amides is 1. The van der Waals surface area contributed by atoms with Crippen molar-refractivity contribution < 1.29 is 4.79 Å². The first kappa shape index (κ1) is 15.1. The van der Waals surface area contributed by atoms with Gasteiger partial charge in [-0.05, 0) is 37.1 Å². The third-order valence-corrected chi connectivity index (χ3v) is 4.29. The number of aromatic amines is 1. The van der Waals surface area contributed by atoms with E-state index < -0.39 is 5.41 Å². The van der Waals surface area contributed by atoms with E-state index >= 15 is 0 Å². The third kappa shape index (κ3) is 2.65. The smallest absolute Gasteiger partial charge is 0.326 e. The molecule has 5 heteroatoms. The zero-order valence-corrected chi connectivity index (χ0v) is 13.2. The van der Waals surface area contributed by atoms with Crippen LogP contribution in [0.2, 0.25) is 0 Å². The van der Waals surface area contributed by atoms with E-state index in [1.165, 1.54) is 0 Å². The molecule has 0 radical (unpaired) electrons. The number of carbonyl (C=O) groups is 1. The van der Waals surface area contributed by atoms with E-state index in [9.17, 15) is 9.59 Å². The van der Waals surface area contributed by atoms with E-state index in [-0.39, 0.29) is 11.6 Å². The van der Waals surface area contributed by atoms with Crippen molar-refractivity contribution in [3.63, 3.8) is 0 Å². The fourth-order valence-electron chi connectivity index (χ4n) is 2.65. The molecule has 1 amide bonds. The summed E-state index contributed by atoms with van der Waals surface area (Å²) in [4.78, 5) is 26.7. The van der Waals surface area contributed by atoms with Crippen molar-refractivity contribution in [2.24, 2.45) is 5.73 Å². The summed E-state index contributed by atoms with van der Waals surface area (Å²) in [6, 6.07) is 15.2. The lowest BCUT2D eigenvalue weighted by Crippen LogP contribution is -2.35. The molecule has 3 N–H and O–H groups in total. The second kappa shape index (κ2) is 5.43. The number of benzene rings is 2. The Labute approximate surface area is 133 Å². The molecule has 0 atom stereocenters. The lowest BCUT2D eigenvalue weighted by molar-refractivity contribution is -0.122. The van der Waals surface area contributed by atoms with E-state index in [1.807, 2.05) is 48.5 Å². The summed E-state index contributed by atoms with van der Waals surface area (Å²) < 4.78 is 1.69. The zero-order valence-electron chi connectivity index (χ0n) is 13.2. The molecule has 0 saturated carbocycles. The van der Waals surface area contributed by atoms with Crippen LogP contribution in [0.25, 0.3) is 11.0 Å². The SMILES string of the molecule is CC(C)(C(N)=O)c1cccc(Cn2c(=O)[nH]c3ccccc32)c1. The maximum Gasteiger partial charge on any atom is 0.326 e. The summed E-state index contributed by atoms with van der Waals surface area (Å²) >= 11 is 0. The summed E-state index contributed by atoms with van der Waals surface area (Å²) in [6.07, 6.45) is 0. The Kier molecular flexibility index (Phi) is 3.56. The zero-order chi connectivity index (χ0) is 16.6. The predicted molar refractivity (Wildman–Crippen MR) is 90.3 cm³/mol. The molecule has 2 aromatic carbocycles. The summed E-state index contributed by atoms with van der Waals surface area (Å²) in [5.41, 5.74) is 8.05. The van der Waals surface area contributed by atoms with E-state index in [0.717, 1.165) is 22.2 Å². The molecule has 0 bridgehead atoms. The molecule has 118 valence electrons. The Balaban J connectivity index is 2.02. The van der Waals surface area contributed by atoms with Gasteiger partial charge in [0.1, 0.15) is 0 Å². The van der Waals surface area contributed by atoms with Crippen LogP contribution in [0.1, 0.15) is 25.0 Å². The molecule has 0 saturated heterocycles. The van der Waals surface area contributed by atoms with Crippen LogP contribution < -0.4 is 11.4 Å². The fraction of sp³-hybridized carbons (Fsp3) is 0.222. The number of carbonyl (C=O) groups excluding carboxylic acids is 1. The van der Waals surface area contributed by atoms with Crippen LogP contribution in [0.3, 0.4) is 0 Å². The minimum Gasteiger partial charge on any atom is -0.369 e. The van der Waals surface area contributed by atoms with Gasteiger partial charge < -0.3 is 10.7 Å². The molecule has 0 spiro atoms. The number of imidazole rings is 1. The molecule has 3 aromatic rings. The predicted octanol–water partition coefficient (Wildman–Crippen LogP) is 2.14. The van der Waals surface area contributed by atoms with Crippen molar-refractivity contribution in [2.75, 3.05) is 0 Å². The normalized spacial score (nSPS) is 11.7. The van der Waals surface area contributed by atoms with Crippen molar-refractivity contribution >= 4 is 16.9 Å². The van der Waals surface area contributed by atoms with Gasteiger partial charge in [0.15, 0.2) is 0 Å². The minimum atomic E-state index is -0.749. The number of rotatable bonds is 4. The lowest BCUT2D eigenvalue weighted by Gasteiger charge is -2.21. The lowest BCUT2D eigenvalue weighted by atomic mass is 9.83. The maximum absolute atomic E-state index is 12.2. The van der Waals surface area contributed by atoms with E-state index in [0.29, 0.717) is 6.54 Å². The summed E-state index contributed by atoms with van der Waals surface area (Å²) in [5, 5.41) is 0. The highest BCUT2D eigenvalue weighted by Gasteiger charge is 2.27. The van der Waals surface area contributed by atoms with Crippen LogP contribution in [0.4, 0.5) is 0 Å². The van der Waals surface area contributed by atoms with Gasteiger partial charge in [0.05, 0.1) is 23.0 Å². The standard InChI is InChI=1S/C18H19N3O2/c1-18(2,16(19)22)13-7-5-6-12(10-13)11-21-15-9-4-3-8-14(15)20-17(21)23/h3-10H,11H2,1-2H3,(H2,19,22)(H,20,23). The Morgan fingerprint density at radius 1 is 1.17 bits per heavy atom. The molecule has 23 heavy (non-hydrogen) atoms. The number of nitrogens with two attached hydrogens (primary N) is 1. The second-order valence-electron chi connectivity index (χ2n) is 6.22. The number of fused-ring (bicyclic) bond motifs is 1. The van der Waals surface area contributed by atoms with Crippen LogP contribution in [-0.2, 0) is 16.8 Å². The molecule has 0 aliphatic heterocycles. The van der Waals surface area contributed by atoms with Crippen LogP contribution in [-0.4, -0.2) is 15.5 Å². The maximum atomic E-state index is 12.2. The Bertz CT molecular complexity index is 935. The first-order valence-corrected chi connectivity index (χ1v) is 7.46. The minimum absolute atomic E-state index is 0.147. The van der Waals surface area contributed by atoms with Gasteiger partial charge in [-0.3, -0.25) is 9.36 Å². The molecule has 5 nitrogen and oxygen atoms in total. The molecule has 0 unspecified atom stereocenters. The summed E-state index contributed by atoms with van der Waals surface area (Å²) in [7, 11) is 0. The van der Waals surface area contributed by atoms with Crippen molar-refractivity contribution in [3.8, 4) is 0 Å². The molecule has 0 aliphatic carbocycles. The number of nitrogens with zero attached hydrogens (tertiary/aromatic N) is 1. The first-order chi connectivity index (χ1) is 10.9. The number of para-hydroxylation sites is 2. The van der Waals surface area contributed by atoms with Gasteiger partial charge in [-0.2, -0.15) is 0 Å². The average Bonchev–Trinajstić information content (AvgIpc) is 2.83. The first-order valence-electron chi connectivity index (χ1n) is 7.46. The van der Waals surface area contributed by atoms with E-state index in [4.69, 9.17) is 5.73 Å². The van der Waals surface area contributed by atoms with Crippen LogP contribution in [0.5, 0.6) is 0 Å². The Hall–Kier alpha value is -2.82. The third-order valence-electron chi connectivity index (χ3n) is 4.29. The molecule has 0 fully saturated rings. The van der Waals surface area contributed by atoms with Crippen molar-refractivity contribution in [3.05, 3.63) is 70.1 Å². The molecular formula is C18H19N3O2. The number of hydrogen-bond donors (Lipinski definition) is 2. The second-order valence-corrected chi connectivity index (χ2v) is 6.22. The van der Waals surface area contributed by atoms with Gasteiger partial charge in [-0.25, -0.2) is 4.79 Å². The molecule has 1 heterocycles. The highest BCUT2D eigenvalue weighted by molar-refractivity contribution is 5.85. The average molecular weight is 309 g/mol. The van der Waals surface area contributed by atoms with Crippen molar-refractivity contribution in [2.45, 2.75) is 25.8 Å². The molecule has 0 aliphatic rings. The highest BCUT2D eigenvalue weighted by atomic mass is 16.1. The quantitative estimate of drug-likeness (QED) is 0.774. The summed E-state index contributed by atoms with van der Waals surface area (Å²) in [5.74, 6) is -0.376. The van der Waals surface area contributed by atoms with E-state index in [2.05, 4.69) is 4.98 Å². The van der Waals surface area contributed by atoms with Gasteiger partial charge in [-0.15, -0.1) is 0 Å². The number of aromatic nitrogens is 2. The number of nitrogens with one attached hydrogen (secondary N) is 1. The van der Waals surface area contributed by atoms with Crippen molar-refractivity contribution in [1.82, 2.24) is 9.55 Å². The summed E-state index contributed by atoms with van der Waals surface area (Å²) in [6.45, 7) is 4.03. The van der Waals surface area contributed by atoms with Crippen LogP contribution >= 0.6 is 0 Å². The van der Waals surface area contributed by atoms with Gasteiger partial charge in [0.25, 0.3) is 0 Å². The number of H-pyrrole nitrogens is 1. The van der Waals surface area contributed by atoms with Gasteiger partial charge in [0.2, 0.25) is 5.91 Å². The van der Waals surface area contributed by atoms with Gasteiger partial charge in [-0.1, -0.05) is 36.4 Å². The molecular weight excluding hydrogens is 290 g/mol. The molecule has 1 aromatic heterocycles. The highest BCUT2D eigenvalue weighted by Crippen LogP contribution is 2.24. The van der Waals surface area contributed by atoms with Crippen LogP contribution in [0, 0.1) is 0 Å². The van der Waals surface area contributed by atoms with Gasteiger partial charge in [0, 0.05) is 0 Å². The molecule has 3 rings (SSSR count). The fourth-order valence-corrected chi connectivity index (χ4v) is 2.65. The number of hydrogen-bond acceptors (Lipinski definition) is 2.